The van der Waals surface area contributed by atoms with E-state index in [-0.39, 0.29) is 5.91 Å². The number of para-hydroxylation sites is 1. The fourth-order valence-electron chi connectivity index (χ4n) is 4.32. The Labute approximate surface area is 255 Å². The van der Waals surface area contributed by atoms with E-state index in [1.54, 1.807) is 12.1 Å². The van der Waals surface area contributed by atoms with Crippen LogP contribution in [0, 0.1) is 6.92 Å². The van der Waals surface area contributed by atoms with E-state index in [9.17, 15) is 4.79 Å². The van der Waals surface area contributed by atoms with E-state index in [1.807, 2.05) is 88.9 Å². The van der Waals surface area contributed by atoms with Crippen LogP contribution >= 0.6 is 0 Å². The van der Waals surface area contributed by atoms with Crippen LogP contribution in [0.15, 0.2) is 97.6 Å². The van der Waals surface area contributed by atoms with Crippen LogP contribution in [0.2, 0.25) is 0 Å². The minimum absolute atomic E-state index is 0.0361. The number of benzene rings is 3. The standard InChI is InChI=1S/C25H24N2O3.C5H10.C3H6.2C2H6/c1-18-7-5-6-10-21(18)26-13-15-27(16-14-26)24(28)20-11-12-22-23(17-20)30-25(29-22)19-8-3-2-4-9-19;1-3-5-4-2;1-3-2;2*1-2/h2-12,17,25H,13-16H2,1H3;3,5H,4H2,1-2H3;3H,1H2,2H3;2*1-2H3/b;5-3-;;;. The van der Waals surface area contributed by atoms with Crippen molar-refractivity contribution >= 4 is 11.6 Å². The number of hydrogen-bond acceptors (Lipinski definition) is 4. The van der Waals surface area contributed by atoms with Gasteiger partial charge in [0.2, 0.25) is 0 Å². The number of amides is 1. The van der Waals surface area contributed by atoms with Gasteiger partial charge in [0, 0.05) is 43.0 Å². The predicted octanol–water partition coefficient (Wildman–Crippen LogP) is 9.64. The smallest absolute Gasteiger partial charge is 0.267 e. The summed E-state index contributed by atoms with van der Waals surface area (Å²) in [6.07, 6.45) is 6.63. The third-order valence-corrected chi connectivity index (χ3v) is 6.22. The summed E-state index contributed by atoms with van der Waals surface area (Å²) in [7, 11) is 0. The molecule has 42 heavy (non-hydrogen) atoms. The van der Waals surface area contributed by atoms with Gasteiger partial charge in [0.1, 0.15) is 0 Å². The van der Waals surface area contributed by atoms with Crippen LogP contribution in [-0.2, 0) is 0 Å². The number of carbonyl (C=O) groups excluding carboxylic acids is 1. The molecule has 0 aliphatic carbocycles. The fourth-order valence-corrected chi connectivity index (χ4v) is 4.32. The van der Waals surface area contributed by atoms with Crippen LogP contribution in [0.4, 0.5) is 5.69 Å². The average Bonchev–Trinajstić information content (AvgIpc) is 3.48. The molecule has 3 aromatic carbocycles. The molecule has 1 unspecified atom stereocenters. The van der Waals surface area contributed by atoms with Gasteiger partial charge in [-0.15, -0.1) is 6.58 Å². The van der Waals surface area contributed by atoms with E-state index in [1.165, 1.54) is 11.3 Å². The van der Waals surface area contributed by atoms with Crippen molar-refractivity contribution in [2.75, 3.05) is 31.1 Å². The number of nitrogens with zero attached hydrogens (tertiary/aromatic N) is 2. The lowest BCUT2D eigenvalue weighted by Gasteiger charge is -2.36. The van der Waals surface area contributed by atoms with Crippen molar-refractivity contribution in [3.8, 4) is 11.5 Å². The van der Waals surface area contributed by atoms with Crippen molar-refractivity contribution in [1.82, 2.24) is 4.90 Å². The van der Waals surface area contributed by atoms with Crippen molar-refractivity contribution < 1.29 is 14.3 Å². The molecule has 0 aromatic heterocycles. The predicted molar refractivity (Wildman–Crippen MR) is 180 cm³/mol. The number of hydrogen-bond donors (Lipinski definition) is 0. The molecule has 5 nitrogen and oxygen atoms in total. The number of fused-ring (bicyclic) bond motifs is 1. The molecule has 2 heterocycles. The van der Waals surface area contributed by atoms with E-state index in [0.717, 1.165) is 25.1 Å². The van der Waals surface area contributed by atoms with Gasteiger partial charge in [0.05, 0.1) is 0 Å². The molecular formula is C37H52N2O3. The van der Waals surface area contributed by atoms with Crippen molar-refractivity contribution in [2.24, 2.45) is 0 Å². The molecule has 5 heteroatoms. The summed E-state index contributed by atoms with van der Waals surface area (Å²) in [4.78, 5) is 17.3. The summed E-state index contributed by atoms with van der Waals surface area (Å²) in [5, 5.41) is 0. The highest BCUT2D eigenvalue weighted by molar-refractivity contribution is 5.95. The SMILES string of the molecule is C/C=C\CC.C=CC.CC.CC.Cc1ccccc1N1CCN(C(=O)c2ccc3c(c2)OC(c2ccccc2)O3)CC1. The maximum absolute atomic E-state index is 13.1. The molecule has 1 fully saturated rings. The molecule has 5 rings (SSSR count). The number of carbonyl (C=O) groups is 1. The normalized spacial score (nSPS) is 14.5. The Morgan fingerprint density at radius 2 is 1.43 bits per heavy atom. The summed E-state index contributed by atoms with van der Waals surface area (Å²) in [5.41, 5.74) is 4.10. The first-order valence-electron chi connectivity index (χ1n) is 15.3. The van der Waals surface area contributed by atoms with Crippen molar-refractivity contribution in [2.45, 2.75) is 68.1 Å². The molecule has 0 radical (unpaired) electrons. The number of anilines is 1. The quantitative estimate of drug-likeness (QED) is 0.292. The molecule has 0 saturated carbocycles. The Bertz CT molecular complexity index is 1200. The van der Waals surface area contributed by atoms with E-state index in [4.69, 9.17) is 9.47 Å². The Balaban J connectivity index is 0.000000639. The number of aryl methyl sites for hydroxylation is 1. The monoisotopic (exact) mass is 572 g/mol. The largest absolute Gasteiger partial charge is 0.447 e. The maximum atomic E-state index is 13.1. The van der Waals surface area contributed by atoms with E-state index in [2.05, 4.69) is 61.7 Å². The molecule has 1 saturated heterocycles. The van der Waals surface area contributed by atoms with Crippen LogP contribution in [-0.4, -0.2) is 37.0 Å². The molecular weight excluding hydrogens is 520 g/mol. The minimum Gasteiger partial charge on any atom is -0.447 e. The summed E-state index contributed by atoms with van der Waals surface area (Å²) in [5.74, 6) is 1.33. The summed E-state index contributed by atoms with van der Waals surface area (Å²) < 4.78 is 11.9. The van der Waals surface area contributed by atoms with Gasteiger partial charge in [-0.1, -0.05) is 101 Å². The lowest BCUT2D eigenvalue weighted by atomic mass is 10.1. The van der Waals surface area contributed by atoms with Gasteiger partial charge in [-0.05, 0) is 57.0 Å². The zero-order valence-electron chi connectivity index (χ0n) is 27.1. The first-order valence-corrected chi connectivity index (χ1v) is 15.3. The van der Waals surface area contributed by atoms with E-state index >= 15 is 0 Å². The third kappa shape index (κ3) is 10.8. The minimum atomic E-state index is -0.468. The van der Waals surface area contributed by atoms with E-state index in [0.29, 0.717) is 30.2 Å². The molecule has 1 atom stereocenters. The molecule has 1 amide bonds. The van der Waals surface area contributed by atoms with Gasteiger partial charge < -0.3 is 19.3 Å². The highest BCUT2D eigenvalue weighted by Crippen LogP contribution is 2.41. The van der Waals surface area contributed by atoms with Crippen LogP contribution in [0.3, 0.4) is 0 Å². The Kier molecular flexibility index (Phi) is 17.9. The second kappa shape index (κ2) is 20.8. The molecule has 0 spiro atoms. The lowest BCUT2D eigenvalue weighted by Crippen LogP contribution is -2.49. The number of piperazine rings is 1. The van der Waals surface area contributed by atoms with Crippen molar-refractivity contribution in [3.63, 3.8) is 0 Å². The molecule has 2 aliphatic heterocycles. The second-order valence-corrected chi connectivity index (χ2v) is 9.09. The Hall–Kier alpha value is -3.99. The lowest BCUT2D eigenvalue weighted by molar-refractivity contribution is 0.0486. The summed E-state index contributed by atoms with van der Waals surface area (Å²) in [6.45, 7) is 22.6. The zero-order chi connectivity index (χ0) is 31.3. The van der Waals surface area contributed by atoms with Crippen LogP contribution in [0.25, 0.3) is 0 Å². The summed E-state index contributed by atoms with van der Waals surface area (Å²) in [6, 6.07) is 23.7. The maximum Gasteiger partial charge on any atom is 0.267 e. The second-order valence-electron chi connectivity index (χ2n) is 9.09. The van der Waals surface area contributed by atoms with Gasteiger partial charge in [-0.3, -0.25) is 4.79 Å². The molecule has 0 bridgehead atoms. The van der Waals surface area contributed by atoms with Crippen LogP contribution < -0.4 is 14.4 Å². The zero-order valence-corrected chi connectivity index (χ0v) is 27.1. The van der Waals surface area contributed by atoms with E-state index < -0.39 is 6.29 Å². The van der Waals surface area contributed by atoms with Crippen molar-refractivity contribution in [1.29, 1.82) is 0 Å². The van der Waals surface area contributed by atoms with Crippen LogP contribution in [0.5, 0.6) is 11.5 Å². The first kappa shape index (κ1) is 36.0. The van der Waals surface area contributed by atoms with Gasteiger partial charge >= 0.3 is 0 Å². The van der Waals surface area contributed by atoms with Gasteiger partial charge in [-0.25, -0.2) is 0 Å². The molecule has 3 aromatic rings. The van der Waals surface area contributed by atoms with Crippen molar-refractivity contribution in [3.05, 3.63) is 114 Å². The molecule has 228 valence electrons. The Morgan fingerprint density at radius 3 is 1.98 bits per heavy atom. The van der Waals surface area contributed by atoms with Crippen LogP contribution in [0.1, 0.15) is 82.7 Å². The number of allylic oxidation sites excluding steroid dienone is 3. The number of ether oxygens (including phenoxy) is 2. The summed E-state index contributed by atoms with van der Waals surface area (Å²) >= 11 is 0. The third-order valence-electron chi connectivity index (χ3n) is 6.22. The molecule has 0 N–H and O–H groups in total. The average molecular weight is 573 g/mol. The van der Waals surface area contributed by atoms with Gasteiger partial charge in [0.15, 0.2) is 11.5 Å². The first-order chi connectivity index (χ1) is 20.5. The fraction of sp³-hybridized carbons (Fsp3) is 0.378. The molecule has 2 aliphatic rings. The van der Waals surface area contributed by atoms with Gasteiger partial charge in [-0.2, -0.15) is 0 Å². The topological polar surface area (TPSA) is 42.0 Å². The highest BCUT2D eigenvalue weighted by atomic mass is 16.7. The Morgan fingerprint density at radius 1 is 0.857 bits per heavy atom. The number of rotatable bonds is 4. The highest BCUT2D eigenvalue weighted by Gasteiger charge is 2.28. The van der Waals surface area contributed by atoms with Gasteiger partial charge in [0.25, 0.3) is 12.2 Å².